The van der Waals surface area contributed by atoms with Gasteiger partial charge in [0, 0.05) is 26.7 Å². The van der Waals surface area contributed by atoms with Crippen LogP contribution in [0.15, 0.2) is 29.3 Å². The number of aliphatic imine (C=N–C) groups is 1. The number of nitrogens with zero attached hydrogens (tertiary/aromatic N) is 2. The van der Waals surface area contributed by atoms with Crippen molar-refractivity contribution in [3.05, 3.63) is 30.1 Å². The predicted octanol–water partition coefficient (Wildman–Crippen LogP) is 2.24. The molecule has 6 nitrogen and oxygen atoms in total. The SMILES string of the molecule is CCNC(=NCC(=O)N(C)C)NCC(CC)Oc1cccc(F)c1.I. The van der Waals surface area contributed by atoms with Gasteiger partial charge in [-0.05, 0) is 25.5 Å². The van der Waals surface area contributed by atoms with Crippen molar-refractivity contribution in [3.63, 3.8) is 0 Å². The van der Waals surface area contributed by atoms with Gasteiger partial charge in [0.15, 0.2) is 5.96 Å². The van der Waals surface area contributed by atoms with Gasteiger partial charge in [0.25, 0.3) is 0 Å². The maximum atomic E-state index is 13.2. The Morgan fingerprint density at radius 3 is 2.60 bits per heavy atom. The molecule has 1 rings (SSSR count). The van der Waals surface area contributed by atoms with Crippen LogP contribution in [0.25, 0.3) is 0 Å². The van der Waals surface area contributed by atoms with E-state index in [0.29, 0.717) is 24.8 Å². The molecule has 0 bridgehead atoms. The van der Waals surface area contributed by atoms with E-state index >= 15 is 0 Å². The van der Waals surface area contributed by atoms with Crippen molar-refractivity contribution in [2.75, 3.05) is 33.7 Å². The molecule has 1 atom stereocenters. The molecule has 142 valence electrons. The Morgan fingerprint density at radius 2 is 2.04 bits per heavy atom. The smallest absolute Gasteiger partial charge is 0.243 e. The molecular weight excluding hydrogens is 438 g/mol. The number of carbonyl (C=O) groups is 1. The maximum absolute atomic E-state index is 13.2. The van der Waals surface area contributed by atoms with E-state index < -0.39 is 0 Å². The summed E-state index contributed by atoms with van der Waals surface area (Å²) in [6.45, 7) is 5.19. The molecule has 0 heterocycles. The average molecular weight is 466 g/mol. The number of guanidine groups is 1. The minimum absolute atomic E-state index is 0. The fourth-order valence-electron chi connectivity index (χ4n) is 1.84. The van der Waals surface area contributed by atoms with Crippen LogP contribution in [0, 0.1) is 5.82 Å². The molecule has 1 unspecified atom stereocenters. The lowest BCUT2D eigenvalue weighted by atomic mass is 10.2. The molecule has 1 aromatic carbocycles. The van der Waals surface area contributed by atoms with Crippen molar-refractivity contribution in [1.82, 2.24) is 15.5 Å². The van der Waals surface area contributed by atoms with Gasteiger partial charge >= 0.3 is 0 Å². The first kappa shape index (κ1) is 23.4. The highest BCUT2D eigenvalue weighted by atomic mass is 127. The summed E-state index contributed by atoms with van der Waals surface area (Å²) < 4.78 is 19.0. The standard InChI is InChI=1S/C17H27FN4O2.HI/c1-5-14(24-15-9-7-8-13(18)10-15)11-20-17(19-6-2)21-12-16(23)22(3)4;/h7-10,14H,5-6,11-12H2,1-4H3,(H2,19,20,21);1H. The Labute approximate surface area is 166 Å². The largest absolute Gasteiger partial charge is 0.489 e. The van der Waals surface area contributed by atoms with Crippen molar-refractivity contribution in [3.8, 4) is 5.75 Å². The maximum Gasteiger partial charge on any atom is 0.243 e. The number of benzene rings is 1. The molecule has 0 spiro atoms. The van der Waals surface area contributed by atoms with Gasteiger partial charge in [-0.2, -0.15) is 0 Å². The zero-order valence-corrected chi connectivity index (χ0v) is 17.5. The molecule has 1 aromatic rings. The van der Waals surface area contributed by atoms with Crippen LogP contribution in [-0.2, 0) is 4.79 Å². The minimum Gasteiger partial charge on any atom is -0.489 e. The highest BCUT2D eigenvalue weighted by Gasteiger charge is 2.10. The average Bonchev–Trinajstić information content (AvgIpc) is 2.55. The van der Waals surface area contributed by atoms with Gasteiger partial charge < -0.3 is 20.3 Å². The van der Waals surface area contributed by atoms with Crippen LogP contribution >= 0.6 is 24.0 Å². The van der Waals surface area contributed by atoms with Crippen LogP contribution in [0.5, 0.6) is 5.75 Å². The van der Waals surface area contributed by atoms with Crippen LogP contribution in [0.4, 0.5) is 4.39 Å². The summed E-state index contributed by atoms with van der Waals surface area (Å²) in [4.78, 5) is 17.4. The van der Waals surface area contributed by atoms with E-state index in [-0.39, 0.29) is 48.3 Å². The van der Waals surface area contributed by atoms with Gasteiger partial charge in [0.2, 0.25) is 5.91 Å². The van der Waals surface area contributed by atoms with Crippen LogP contribution in [0.1, 0.15) is 20.3 Å². The van der Waals surface area contributed by atoms with E-state index in [1.54, 1.807) is 26.2 Å². The normalized spacial score (nSPS) is 12.0. The number of rotatable bonds is 8. The van der Waals surface area contributed by atoms with Crippen molar-refractivity contribution < 1.29 is 13.9 Å². The molecule has 1 amide bonds. The van der Waals surface area contributed by atoms with Gasteiger partial charge in [-0.15, -0.1) is 24.0 Å². The molecule has 0 fully saturated rings. The predicted molar refractivity (Wildman–Crippen MR) is 109 cm³/mol. The van der Waals surface area contributed by atoms with Gasteiger partial charge in [-0.3, -0.25) is 4.79 Å². The van der Waals surface area contributed by atoms with E-state index in [0.717, 1.165) is 6.42 Å². The Bertz CT molecular complexity index is 555. The molecule has 8 heteroatoms. The third-order valence-electron chi connectivity index (χ3n) is 3.27. The Morgan fingerprint density at radius 1 is 1.32 bits per heavy atom. The molecule has 25 heavy (non-hydrogen) atoms. The van der Waals surface area contributed by atoms with Crippen molar-refractivity contribution in [2.24, 2.45) is 4.99 Å². The van der Waals surface area contributed by atoms with Gasteiger partial charge in [0.05, 0.1) is 6.54 Å². The molecule has 0 saturated heterocycles. The van der Waals surface area contributed by atoms with Gasteiger partial charge in [-0.1, -0.05) is 13.0 Å². The number of likely N-dealkylation sites (N-methyl/N-ethyl adjacent to an activating group) is 1. The van der Waals surface area contributed by atoms with Crippen molar-refractivity contribution in [1.29, 1.82) is 0 Å². The second-order valence-corrected chi connectivity index (χ2v) is 5.47. The number of amides is 1. The number of ether oxygens (including phenoxy) is 1. The molecular formula is C17H28FIN4O2. The van der Waals surface area contributed by atoms with Crippen LogP contribution < -0.4 is 15.4 Å². The molecule has 0 aliphatic rings. The molecule has 0 aliphatic heterocycles. The summed E-state index contributed by atoms with van der Waals surface area (Å²) in [5.41, 5.74) is 0. The fraction of sp³-hybridized carbons (Fsp3) is 0.529. The second-order valence-electron chi connectivity index (χ2n) is 5.47. The lowest BCUT2D eigenvalue weighted by Crippen LogP contribution is -2.43. The number of hydrogen-bond donors (Lipinski definition) is 2. The van der Waals surface area contributed by atoms with E-state index in [9.17, 15) is 9.18 Å². The summed E-state index contributed by atoms with van der Waals surface area (Å²) in [5, 5.41) is 6.23. The number of hydrogen-bond acceptors (Lipinski definition) is 3. The number of nitrogens with one attached hydrogen (secondary N) is 2. The summed E-state index contributed by atoms with van der Waals surface area (Å²) in [5.74, 6) is 0.644. The quantitative estimate of drug-likeness (QED) is 0.351. The molecule has 2 N–H and O–H groups in total. The Balaban J connectivity index is 0.00000576. The second kappa shape index (κ2) is 12.7. The van der Waals surface area contributed by atoms with Crippen LogP contribution in [0.2, 0.25) is 0 Å². The molecule has 0 saturated carbocycles. The topological polar surface area (TPSA) is 66.0 Å². The highest BCUT2D eigenvalue weighted by molar-refractivity contribution is 14.0. The van der Waals surface area contributed by atoms with E-state index in [1.807, 2.05) is 13.8 Å². The van der Waals surface area contributed by atoms with Crippen LogP contribution in [0.3, 0.4) is 0 Å². The zero-order chi connectivity index (χ0) is 17.9. The number of carbonyl (C=O) groups excluding carboxylic acids is 1. The Kier molecular flexibility index (Phi) is 11.9. The number of halogens is 2. The zero-order valence-electron chi connectivity index (χ0n) is 15.2. The van der Waals surface area contributed by atoms with Crippen molar-refractivity contribution in [2.45, 2.75) is 26.4 Å². The molecule has 0 aliphatic carbocycles. The first-order chi connectivity index (χ1) is 11.5. The molecule has 0 aromatic heterocycles. The van der Waals surface area contributed by atoms with E-state index in [2.05, 4.69) is 15.6 Å². The summed E-state index contributed by atoms with van der Waals surface area (Å²) in [7, 11) is 3.39. The minimum atomic E-state index is -0.326. The summed E-state index contributed by atoms with van der Waals surface area (Å²) >= 11 is 0. The molecule has 0 radical (unpaired) electrons. The van der Waals surface area contributed by atoms with Gasteiger partial charge in [0.1, 0.15) is 24.2 Å². The van der Waals surface area contributed by atoms with Crippen molar-refractivity contribution >= 4 is 35.8 Å². The fourth-order valence-corrected chi connectivity index (χ4v) is 1.84. The monoisotopic (exact) mass is 466 g/mol. The van der Waals surface area contributed by atoms with Gasteiger partial charge in [-0.25, -0.2) is 9.38 Å². The summed E-state index contributed by atoms with van der Waals surface area (Å²) in [6, 6.07) is 6.07. The first-order valence-electron chi connectivity index (χ1n) is 8.10. The third kappa shape index (κ3) is 9.47. The third-order valence-corrected chi connectivity index (χ3v) is 3.27. The summed E-state index contributed by atoms with van der Waals surface area (Å²) in [6.07, 6.45) is 0.611. The van der Waals surface area contributed by atoms with E-state index in [1.165, 1.54) is 17.0 Å². The Hall–Kier alpha value is -1.58. The first-order valence-corrected chi connectivity index (χ1v) is 8.10. The lowest BCUT2D eigenvalue weighted by Gasteiger charge is -2.20. The highest BCUT2D eigenvalue weighted by Crippen LogP contribution is 2.14. The lowest BCUT2D eigenvalue weighted by molar-refractivity contribution is -0.127. The van der Waals surface area contributed by atoms with E-state index in [4.69, 9.17) is 4.74 Å². The van der Waals surface area contributed by atoms with Crippen LogP contribution in [-0.4, -0.2) is 56.6 Å².